The highest BCUT2D eigenvalue weighted by Crippen LogP contribution is 2.24. The van der Waals surface area contributed by atoms with E-state index in [-0.39, 0.29) is 26.9 Å². The van der Waals surface area contributed by atoms with E-state index in [1.165, 1.54) is 24.3 Å². The van der Waals surface area contributed by atoms with Crippen molar-refractivity contribution in [1.29, 1.82) is 0 Å². The van der Waals surface area contributed by atoms with Crippen LogP contribution in [0.15, 0.2) is 36.4 Å². The van der Waals surface area contributed by atoms with Gasteiger partial charge in [0, 0.05) is 22.7 Å². The molecule has 9 heteroatoms. The fourth-order valence-corrected chi connectivity index (χ4v) is 2.49. The summed E-state index contributed by atoms with van der Waals surface area (Å²) in [4.78, 5) is 34.1. The molecule has 0 radical (unpaired) electrons. The molecular formula is C15H8Cl3NO5. The van der Waals surface area contributed by atoms with Crippen molar-refractivity contribution in [3.05, 3.63) is 72.7 Å². The lowest BCUT2D eigenvalue weighted by Gasteiger charge is -2.07. The predicted octanol–water partition coefficient (Wildman–Crippen LogP) is 4.59. The van der Waals surface area contributed by atoms with Gasteiger partial charge < -0.3 is 4.74 Å². The molecule has 0 aliphatic carbocycles. The molecule has 0 bridgehead atoms. The number of halogens is 3. The van der Waals surface area contributed by atoms with E-state index in [9.17, 15) is 19.7 Å². The summed E-state index contributed by atoms with van der Waals surface area (Å²) in [6.07, 6.45) is 0. The number of Topliss-reactive ketones (excluding diaryl/α,β-unsaturated/α-hetero) is 1. The van der Waals surface area contributed by atoms with Crippen molar-refractivity contribution in [1.82, 2.24) is 0 Å². The minimum absolute atomic E-state index is 0.0254. The van der Waals surface area contributed by atoms with Crippen molar-refractivity contribution in [2.45, 2.75) is 0 Å². The number of esters is 1. The highest BCUT2D eigenvalue weighted by atomic mass is 35.5. The van der Waals surface area contributed by atoms with Gasteiger partial charge >= 0.3 is 5.97 Å². The SMILES string of the molecule is O=C(COC(=O)c1cc([N+](=O)[O-])ccc1Cl)c1ccc(Cl)cc1Cl. The Morgan fingerprint density at radius 3 is 2.33 bits per heavy atom. The lowest BCUT2D eigenvalue weighted by molar-refractivity contribution is -0.384. The molecule has 0 aliphatic rings. The van der Waals surface area contributed by atoms with Gasteiger partial charge in [0.15, 0.2) is 6.61 Å². The van der Waals surface area contributed by atoms with Gasteiger partial charge in [-0.25, -0.2) is 4.79 Å². The molecule has 124 valence electrons. The van der Waals surface area contributed by atoms with E-state index in [1.807, 2.05) is 0 Å². The predicted molar refractivity (Wildman–Crippen MR) is 89.2 cm³/mol. The third-order valence-corrected chi connectivity index (χ3v) is 3.82. The van der Waals surface area contributed by atoms with E-state index in [4.69, 9.17) is 39.5 Å². The van der Waals surface area contributed by atoms with Crippen LogP contribution in [-0.4, -0.2) is 23.3 Å². The first-order valence-electron chi connectivity index (χ1n) is 6.39. The van der Waals surface area contributed by atoms with Crippen molar-refractivity contribution in [2.24, 2.45) is 0 Å². The average Bonchev–Trinajstić information content (AvgIpc) is 2.52. The van der Waals surface area contributed by atoms with Crippen LogP contribution in [-0.2, 0) is 4.74 Å². The first kappa shape index (κ1) is 18.2. The molecule has 0 unspecified atom stereocenters. The van der Waals surface area contributed by atoms with Gasteiger partial charge in [-0.1, -0.05) is 34.8 Å². The number of ether oxygens (including phenoxy) is 1. The zero-order valence-corrected chi connectivity index (χ0v) is 14.1. The first-order valence-corrected chi connectivity index (χ1v) is 7.52. The Bertz CT molecular complexity index is 838. The van der Waals surface area contributed by atoms with Gasteiger partial charge in [-0.15, -0.1) is 0 Å². The third-order valence-electron chi connectivity index (χ3n) is 2.95. The van der Waals surface area contributed by atoms with Crippen LogP contribution < -0.4 is 0 Å². The molecule has 0 amide bonds. The Morgan fingerprint density at radius 2 is 1.71 bits per heavy atom. The number of rotatable bonds is 5. The molecule has 0 aliphatic heterocycles. The van der Waals surface area contributed by atoms with Gasteiger partial charge in [-0.2, -0.15) is 0 Å². The van der Waals surface area contributed by atoms with E-state index in [1.54, 1.807) is 0 Å². The maximum Gasteiger partial charge on any atom is 0.340 e. The summed E-state index contributed by atoms with van der Waals surface area (Å²) in [6.45, 7) is -0.598. The van der Waals surface area contributed by atoms with Gasteiger partial charge in [-0.05, 0) is 24.3 Å². The van der Waals surface area contributed by atoms with Crippen LogP contribution in [0.4, 0.5) is 5.69 Å². The van der Waals surface area contributed by atoms with Gasteiger partial charge in [0.2, 0.25) is 5.78 Å². The molecule has 2 aromatic carbocycles. The quantitative estimate of drug-likeness (QED) is 0.323. The van der Waals surface area contributed by atoms with E-state index in [2.05, 4.69) is 0 Å². The second-order valence-corrected chi connectivity index (χ2v) is 5.80. The molecule has 0 saturated carbocycles. The highest BCUT2D eigenvalue weighted by molar-refractivity contribution is 6.37. The van der Waals surface area contributed by atoms with Crippen molar-refractivity contribution in [3.8, 4) is 0 Å². The van der Waals surface area contributed by atoms with Crippen LogP contribution in [0.1, 0.15) is 20.7 Å². The number of carbonyl (C=O) groups is 2. The van der Waals surface area contributed by atoms with Crippen LogP contribution >= 0.6 is 34.8 Å². The van der Waals surface area contributed by atoms with E-state index in [0.29, 0.717) is 5.02 Å². The van der Waals surface area contributed by atoms with E-state index >= 15 is 0 Å². The summed E-state index contributed by atoms with van der Waals surface area (Å²) < 4.78 is 4.86. The minimum Gasteiger partial charge on any atom is -0.454 e. The average molecular weight is 389 g/mol. The molecule has 24 heavy (non-hydrogen) atoms. The van der Waals surface area contributed by atoms with Crippen LogP contribution in [0, 0.1) is 10.1 Å². The number of hydrogen-bond donors (Lipinski definition) is 0. The van der Waals surface area contributed by atoms with E-state index < -0.39 is 23.3 Å². The minimum atomic E-state index is -0.956. The molecule has 6 nitrogen and oxygen atoms in total. The highest BCUT2D eigenvalue weighted by Gasteiger charge is 2.19. The lowest BCUT2D eigenvalue weighted by Crippen LogP contribution is -2.15. The topological polar surface area (TPSA) is 86.5 Å². The summed E-state index contributed by atoms with van der Waals surface area (Å²) in [6, 6.07) is 7.59. The number of nitrogens with zero attached hydrogens (tertiary/aromatic N) is 1. The normalized spacial score (nSPS) is 10.3. The molecule has 0 aromatic heterocycles. The molecule has 0 fully saturated rings. The number of carbonyl (C=O) groups excluding carboxylic acids is 2. The maximum atomic E-state index is 12.0. The van der Waals surface area contributed by atoms with Crippen molar-refractivity contribution < 1.29 is 19.2 Å². The van der Waals surface area contributed by atoms with Crippen LogP contribution in [0.2, 0.25) is 15.1 Å². The summed E-state index contributed by atoms with van der Waals surface area (Å²) in [7, 11) is 0. The van der Waals surface area contributed by atoms with Crippen LogP contribution in [0.5, 0.6) is 0 Å². The van der Waals surface area contributed by atoms with Gasteiger partial charge in [0.1, 0.15) is 0 Å². The molecule has 0 N–H and O–H groups in total. The largest absolute Gasteiger partial charge is 0.454 e. The fraction of sp³-hybridized carbons (Fsp3) is 0.0667. The summed E-state index contributed by atoms with van der Waals surface area (Å²) in [5, 5.41) is 11.2. The maximum absolute atomic E-state index is 12.0. The van der Waals surface area contributed by atoms with Gasteiger partial charge in [-0.3, -0.25) is 14.9 Å². The van der Waals surface area contributed by atoms with Crippen LogP contribution in [0.3, 0.4) is 0 Å². The fourth-order valence-electron chi connectivity index (χ4n) is 1.79. The Labute approximate surface area is 151 Å². The summed E-state index contributed by atoms with van der Waals surface area (Å²) in [5.74, 6) is -1.51. The lowest BCUT2D eigenvalue weighted by atomic mass is 10.1. The summed E-state index contributed by atoms with van der Waals surface area (Å²) >= 11 is 17.5. The molecule has 0 atom stereocenters. The van der Waals surface area contributed by atoms with Gasteiger partial charge in [0.25, 0.3) is 5.69 Å². The van der Waals surface area contributed by atoms with Gasteiger partial charge in [0.05, 0.1) is 20.5 Å². The number of nitro benzene ring substituents is 1. The Balaban J connectivity index is 2.12. The number of non-ortho nitro benzene ring substituents is 1. The Morgan fingerprint density at radius 1 is 1.00 bits per heavy atom. The molecule has 0 saturated heterocycles. The molecule has 2 aromatic rings. The standard InChI is InChI=1S/C15H8Cl3NO5/c16-8-1-3-10(13(18)5-8)14(20)7-24-15(21)11-6-9(19(22)23)2-4-12(11)17/h1-6H,7H2. The first-order chi connectivity index (χ1) is 11.3. The van der Waals surface area contributed by atoms with Crippen molar-refractivity contribution in [3.63, 3.8) is 0 Å². The zero-order valence-electron chi connectivity index (χ0n) is 11.8. The Kier molecular flexibility index (Phi) is 5.77. The number of benzene rings is 2. The summed E-state index contributed by atoms with van der Waals surface area (Å²) in [5.41, 5.74) is -0.390. The smallest absolute Gasteiger partial charge is 0.340 e. The zero-order chi connectivity index (χ0) is 17.9. The second kappa shape index (κ2) is 7.61. The molecular weight excluding hydrogens is 381 g/mol. The molecule has 0 heterocycles. The van der Waals surface area contributed by atoms with Crippen molar-refractivity contribution >= 4 is 52.2 Å². The molecule has 0 spiro atoms. The number of nitro groups is 1. The third kappa shape index (κ3) is 4.23. The number of ketones is 1. The van der Waals surface area contributed by atoms with Crippen LogP contribution in [0.25, 0.3) is 0 Å². The molecule has 2 rings (SSSR count). The number of hydrogen-bond acceptors (Lipinski definition) is 5. The Hall–Kier alpha value is -2.15. The monoisotopic (exact) mass is 387 g/mol. The van der Waals surface area contributed by atoms with E-state index in [0.717, 1.165) is 12.1 Å². The van der Waals surface area contributed by atoms with Crippen molar-refractivity contribution in [2.75, 3.05) is 6.61 Å². The second-order valence-electron chi connectivity index (χ2n) is 4.54.